The number of anilines is 2. The number of hydrogen-bond donors (Lipinski definition) is 2. The summed E-state index contributed by atoms with van der Waals surface area (Å²) in [6.07, 6.45) is 2.71. The van der Waals surface area contributed by atoms with Crippen LogP contribution in [0.1, 0.15) is 5.56 Å². The first-order valence-corrected chi connectivity index (χ1v) is 3.91. The van der Waals surface area contributed by atoms with E-state index in [1.54, 1.807) is 6.41 Å². The highest BCUT2D eigenvalue weighted by Crippen LogP contribution is 2.29. The lowest BCUT2D eigenvalue weighted by Gasteiger charge is -2.05. The molecule has 0 aliphatic carbocycles. The van der Waals surface area contributed by atoms with E-state index in [0.29, 0.717) is 0 Å². The highest BCUT2D eigenvalue weighted by Gasteiger charge is 2.12. The summed E-state index contributed by atoms with van der Waals surface area (Å²) in [6, 6.07) is 5.86. The molecule has 1 aliphatic heterocycles. The van der Waals surface area contributed by atoms with E-state index in [4.69, 9.17) is 0 Å². The van der Waals surface area contributed by atoms with Crippen molar-refractivity contribution in [1.82, 2.24) is 0 Å². The van der Waals surface area contributed by atoms with Gasteiger partial charge in [0, 0.05) is 6.54 Å². The molecule has 3 nitrogen and oxygen atoms in total. The summed E-state index contributed by atoms with van der Waals surface area (Å²) in [5.74, 6) is 0. The van der Waals surface area contributed by atoms with E-state index in [-0.39, 0.29) is 0 Å². The molecule has 2 rings (SSSR count). The molecule has 12 heavy (non-hydrogen) atoms. The fourth-order valence-corrected chi connectivity index (χ4v) is 1.50. The van der Waals surface area contributed by atoms with E-state index < -0.39 is 0 Å². The Morgan fingerprint density at radius 2 is 2.42 bits per heavy atom. The van der Waals surface area contributed by atoms with Crippen LogP contribution < -0.4 is 10.6 Å². The molecule has 0 bridgehead atoms. The molecule has 0 saturated carbocycles. The Labute approximate surface area is 70.8 Å². The van der Waals surface area contributed by atoms with Crippen LogP contribution in [0.2, 0.25) is 0 Å². The average molecular weight is 161 g/mol. The summed E-state index contributed by atoms with van der Waals surface area (Å²) in [5.41, 5.74) is 3.12. The lowest BCUT2D eigenvalue weighted by atomic mass is 10.1. The highest BCUT2D eigenvalue weighted by molar-refractivity contribution is 5.83. The third-order valence-corrected chi connectivity index (χ3v) is 2.03. The number of nitrogens with one attached hydrogen (secondary N) is 2. The molecule has 3 heteroatoms. The third kappa shape index (κ3) is 1.03. The molecule has 0 atom stereocenters. The summed E-state index contributed by atoms with van der Waals surface area (Å²) in [7, 11) is 0. The van der Waals surface area contributed by atoms with Crippen LogP contribution in [0.15, 0.2) is 18.2 Å². The Hall–Kier alpha value is -1.51. The average Bonchev–Trinajstić information content (AvgIpc) is 2.53. The summed E-state index contributed by atoms with van der Waals surface area (Å²) in [6.45, 7) is 0.951. The van der Waals surface area contributed by atoms with E-state index >= 15 is 0 Å². The maximum absolute atomic E-state index is 10.1. The highest BCUT2D eigenvalue weighted by atomic mass is 16.1. The van der Waals surface area contributed by atoms with Gasteiger partial charge in [-0.1, -0.05) is 12.1 Å². The fourth-order valence-electron chi connectivity index (χ4n) is 1.50. The lowest BCUT2D eigenvalue weighted by Crippen LogP contribution is -1.98. The predicted molar refractivity (Wildman–Crippen MR) is 48.0 cm³/mol. The summed E-state index contributed by atoms with van der Waals surface area (Å²) in [5, 5.41) is 5.75. The SMILES string of the molecule is O=[C]Nc1cccc2c1NCC2. The van der Waals surface area contributed by atoms with Crippen molar-refractivity contribution in [3.05, 3.63) is 23.8 Å². The van der Waals surface area contributed by atoms with Gasteiger partial charge in [0.25, 0.3) is 0 Å². The van der Waals surface area contributed by atoms with Crippen molar-refractivity contribution in [3.8, 4) is 0 Å². The largest absolute Gasteiger partial charge is 0.383 e. The molecule has 61 valence electrons. The van der Waals surface area contributed by atoms with Gasteiger partial charge in [-0.15, -0.1) is 0 Å². The number of rotatable bonds is 2. The molecule has 2 N–H and O–H groups in total. The molecule has 1 heterocycles. The van der Waals surface area contributed by atoms with Gasteiger partial charge in [0.1, 0.15) is 0 Å². The molecule has 0 spiro atoms. The van der Waals surface area contributed by atoms with E-state index in [2.05, 4.69) is 16.7 Å². The monoisotopic (exact) mass is 161 g/mol. The van der Waals surface area contributed by atoms with Crippen LogP contribution in [0, 0.1) is 0 Å². The van der Waals surface area contributed by atoms with E-state index in [1.165, 1.54) is 5.56 Å². The number of benzene rings is 1. The second-order valence-electron chi connectivity index (χ2n) is 2.74. The van der Waals surface area contributed by atoms with Crippen molar-refractivity contribution in [2.75, 3.05) is 17.2 Å². The van der Waals surface area contributed by atoms with Gasteiger partial charge in [-0.25, -0.2) is 0 Å². The molecular formula is C9H9N2O. The standard InChI is InChI=1S/C9H9N2O/c12-6-11-8-3-1-2-7-4-5-10-9(7)8/h1-3,10H,4-5H2,(H,11,12). The molecule has 0 aromatic heterocycles. The van der Waals surface area contributed by atoms with Gasteiger partial charge >= 0.3 is 6.41 Å². The number of carbonyl (C=O) groups excluding carboxylic acids is 1. The van der Waals surface area contributed by atoms with Gasteiger partial charge in [0.05, 0.1) is 11.4 Å². The summed E-state index contributed by atoms with van der Waals surface area (Å²) in [4.78, 5) is 10.1. The minimum absolute atomic E-state index is 0.819. The number of fused-ring (bicyclic) bond motifs is 1. The summed E-state index contributed by atoms with van der Waals surface area (Å²) < 4.78 is 0. The summed E-state index contributed by atoms with van der Waals surface area (Å²) >= 11 is 0. The topological polar surface area (TPSA) is 41.1 Å². The maximum Gasteiger partial charge on any atom is 0.314 e. The first kappa shape index (κ1) is 7.16. The third-order valence-electron chi connectivity index (χ3n) is 2.03. The normalized spacial score (nSPS) is 13.3. The predicted octanol–water partition coefficient (Wildman–Crippen LogP) is 1.13. The van der Waals surface area contributed by atoms with Crippen molar-refractivity contribution < 1.29 is 4.79 Å². The Morgan fingerprint density at radius 1 is 1.50 bits per heavy atom. The van der Waals surface area contributed by atoms with E-state index in [0.717, 1.165) is 24.3 Å². The van der Waals surface area contributed by atoms with Crippen molar-refractivity contribution in [3.63, 3.8) is 0 Å². The fraction of sp³-hybridized carbons (Fsp3) is 0.222. The van der Waals surface area contributed by atoms with Crippen LogP contribution in [-0.2, 0) is 11.2 Å². The maximum atomic E-state index is 10.1. The lowest BCUT2D eigenvalue weighted by molar-refractivity contribution is 0.561. The molecule has 1 radical (unpaired) electrons. The molecule has 1 aromatic carbocycles. The van der Waals surface area contributed by atoms with Gasteiger partial charge in [0.2, 0.25) is 0 Å². The van der Waals surface area contributed by atoms with Gasteiger partial charge in [0.15, 0.2) is 0 Å². The molecule has 1 aromatic rings. The van der Waals surface area contributed by atoms with Crippen LogP contribution in [0.3, 0.4) is 0 Å². The molecule has 0 unspecified atom stereocenters. The van der Waals surface area contributed by atoms with Crippen LogP contribution >= 0.6 is 0 Å². The Balaban J connectivity index is 2.42. The second kappa shape index (κ2) is 2.85. The van der Waals surface area contributed by atoms with Gasteiger partial charge in [-0.05, 0) is 18.1 Å². The minimum atomic E-state index is 0.819. The van der Waals surface area contributed by atoms with E-state index in [1.807, 2.05) is 12.1 Å². The first-order chi connectivity index (χ1) is 5.92. The van der Waals surface area contributed by atoms with Crippen molar-refractivity contribution >= 4 is 17.8 Å². The van der Waals surface area contributed by atoms with Crippen molar-refractivity contribution in [1.29, 1.82) is 0 Å². The van der Waals surface area contributed by atoms with Crippen molar-refractivity contribution in [2.24, 2.45) is 0 Å². The smallest absolute Gasteiger partial charge is 0.314 e. The van der Waals surface area contributed by atoms with E-state index in [9.17, 15) is 4.79 Å². The van der Waals surface area contributed by atoms with Crippen LogP contribution in [-0.4, -0.2) is 13.0 Å². The zero-order chi connectivity index (χ0) is 8.39. The first-order valence-electron chi connectivity index (χ1n) is 3.91. The van der Waals surface area contributed by atoms with Crippen LogP contribution in [0.25, 0.3) is 0 Å². The van der Waals surface area contributed by atoms with Crippen LogP contribution in [0.5, 0.6) is 0 Å². The number of hydrogen-bond acceptors (Lipinski definition) is 2. The molecule has 1 aliphatic rings. The van der Waals surface area contributed by atoms with Gasteiger partial charge < -0.3 is 10.6 Å². The second-order valence-corrected chi connectivity index (χ2v) is 2.74. The van der Waals surface area contributed by atoms with Gasteiger partial charge in [-0.3, -0.25) is 4.79 Å². The Bertz CT molecular complexity index is 309. The minimum Gasteiger partial charge on any atom is -0.383 e. The Morgan fingerprint density at radius 3 is 3.25 bits per heavy atom. The number of para-hydroxylation sites is 1. The zero-order valence-electron chi connectivity index (χ0n) is 6.55. The molecule has 0 saturated heterocycles. The molecular weight excluding hydrogens is 152 g/mol. The Kier molecular flexibility index (Phi) is 1.70. The van der Waals surface area contributed by atoms with Gasteiger partial charge in [-0.2, -0.15) is 0 Å². The van der Waals surface area contributed by atoms with Crippen LogP contribution in [0.4, 0.5) is 11.4 Å². The number of amides is 1. The molecule has 1 amide bonds. The quantitative estimate of drug-likeness (QED) is 0.638. The van der Waals surface area contributed by atoms with Crippen molar-refractivity contribution in [2.45, 2.75) is 6.42 Å². The zero-order valence-corrected chi connectivity index (χ0v) is 6.55. The molecule has 0 fully saturated rings.